The Balaban J connectivity index is 0.00000128. The Morgan fingerprint density at radius 3 is 2.18 bits per heavy atom. The van der Waals surface area contributed by atoms with Crippen molar-refractivity contribution in [3.05, 3.63) is 41.5 Å². The molecule has 1 unspecified atom stereocenters. The minimum atomic E-state index is -0.456. The maximum absolute atomic E-state index is 2.44. The van der Waals surface area contributed by atoms with E-state index in [0.29, 0.717) is 0 Å². The molecule has 0 aromatic heterocycles. The molecule has 0 nitrogen and oxygen atoms in total. The fourth-order valence-electron chi connectivity index (χ4n) is 2.30. The zero-order chi connectivity index (χ0) is 11.0. The minimum absolute atomic E-state index is 0. The Morgan fingerprint density at radius 1 is 1.12 bits per heavy atom. The van der Waals surface area contributed by atoms with E-state index in [-0.39, 0.29) is 24.8 Å². The van der Waals surface area contributed by atoms with Crippen molar-refractivity contribution in [2.24, 2.45) is 5.92 Å². The van der Waals surface area contributed by atoms with E-state index in [2.05, 4.69) is 45.9 Å². The third-order valence-electron chi connectivity index (χ3n) is 3.08. The van der Waals surface area contributed by atoms with Crippen LogP contribution in [0.2, 0.25) is 0 Å². The summed E-state index contributed by atoms with van der Waals surface area (Å²) in [6.07, 6.45) is 8.48. The average Bonchev–Trinajstić information content (AvgIpc) is 2.58. The molecule has 0 saturated carbocycles. The van der Waals surface area contributed by atoms with Gasteiger partial charge in [-0.3, -0.25) is 0 Å². The molecule has 92 valence electrons. The van der Waals surface area contributed by atoms with E-state index in [1.807, 2.05) is 0 Å². The maximum Gasteiger partial charge on any atom is -1.00 e. The SMILES string of the molecule is CC1=CC(C)[C]([Zr+2][C]2=C(C)C=C(C)C2)=C1.[Cl-].[Cl-]. The predicted molar refractivity (Wildman–Crippen MR) is 62.1 cm³/mol. The molecular formula is C14H18Cl2Zr. The van der Waals surface area contributed by atoms with Gasteiger partial charge >= 0.3 is 105 Å². The van der Waals surface area contributed by atoms with E-state index in [4.69, 9.17) is 0 Å². The van der Waals surface area contributed by atoms with E-state index in [9.17, 15) is 0 Å². The van der Waals surface area contributed by atoms with Crippen LogP contribution in [0, 0.1) is 5.92 Å². The molecule has 2 aliphatic rings. The molecule has 0 bridgehead atoms. The first-order valence-corrected chi connectivity index (χ1v) is 8.06. The van der Waals surface area contributed by atoms with Gasteiger partial charge in [0.25, 0.3) is 0 Å². The molecule has 17 heavy (non-hydrogen) atoms. The van der Waals surface area contributed by atoms with E-state index in [1.54, 1.807) is 17.7 Å². The first kappa shape index (κ1) is 17.4. The average molecular weight is 348 g/mol. The van der Waals surface area contributed by atoms with Crippen LogP contribution in [0.1, 0.15) is 34.1 Å². The Labute approximate surface area is 129 Å². The number of hydrogen-bond acceptors (Lipinski definition) is 0. The molecule has 2 aliphatic carbocycles. The summed E-state index contributed by atoms with van der Waals surface area (Å²) in [5.41, 5.74) is 4.59. The number of allylic oxidation sites excluding steroid dienone is 8. The van der Waals surface area contributed by atoms with Crippen molar-refractivity contribution in [3.63, 3.8) is 0 Å². The molecule has 0 fully saturated rings. The molecule has 0 amide bonds. The number of hydrogen-bond donors (Lipinski definition) is 0. The molecule has 0 radical (unpaired) electrons. The minimum Gasteiger partial charge on any atom is -1.00 e. The van der Waals surface area contributed by atoms with Gasteiger partial charge in [0, 0.05) is 0 Å². The van der Waals surface area contributed by atoms with Crippen LogP contribution >= 0.6 is 0 Å². The van der Waals surface area contributed by atoms with Crippen molar-refractivity contribution in [1.29, 1.82) is 0 Å². The van der Waals surface area contributed by atoms with Gasteiger partial charge in [0.1, 0.15) is 0 Å². The summed E-state index contributed by atoms with van der Waals surface area (Å²) < 4.78 is 3.55. The standard InChI is InChI=1S/2C7H9.2ClH.Zr/c2*1-6-3-4-7(2)5-6;;;/h5H,3H2,1-2H3;3,5,7H,1-2H3;2*1H;/q;;;;+2/p-2. The first-order valence-electron chi connectivity index (χ1n) is 5.60. The van der Waals surface area contributed by atoms with Gasteiger partial charge in [-0.15, -0.1) is 0 Å². The predicted octanol–water partition coefficient (Wildman–Crippen LogP) is -1.82. The van der Waals surface area contributed by atoms with Crippen LogP contribution < -0.4 is 24.8 Å². The van der Waals surface area contributed by atoms with Gasteiger partial charge in [-0.2, -0.15) is 0 Å². The van der Waals surface area contributed by atoms with Crippen LogP contribution in [-0.2, 0) is 23.2 Å². The Hall–Kier alpha value is 0.423. The molecule has 3 heteroatoms. The third-order valence-corrected chi connectivity index (χ3v) is 7.41. The van der Waals surface area contributed by atoms with Gasteiger partial charge < -0.3 is 24.8 Å². The van der Waals surface area contributed by atoms with Crippen LogP contribution in [-0.4, -0.2) is 0 Å². The quantitative estimate of drug-likeness (QED) is 0.552. The van der Waals surface area contributed by atoms with Gasteiger partial charge in [-0.05, 0) is 0 Å². The number of halogens is 2. The van der Waals surface area contributed by atoms with Crippen molar-refractivity contribution in [3.8, 4) is 0 Å². The van der Waals surface area contributed by atoms with Crippen LogP contribution in [0.5, 0.6) is 0 Å². The third kappa shape index (κ3) is 4.23. The molecular weight excluding hydrogens is 330 g/mol. The number of rotatable bonds is 2. The fourth-order valence-corrected chi connectivity index (χ4v) is 6.22. The van der Waals surface area contributed by atoms with Gasteiger partial charge in [0.15, 0.2) is 0 Å². The molecule has 0 spiro atoms. The summed E-state index contributed by atoms with van der Waals surface area (Å²) in [6, 6.07) is 0. The summed E-state index contributed by atoms with van der Waals surface area (Å²) in [5.74, 6) is 0.720. The fraction of sp³-hybridized carbons (Fsp3) is 0.429. The van der Waals surface area contributed by atoms with Gasteiger partial charge in [0.2, 0.25) is 0 Å². The molecule has 2 rings (SSSR count). The maximum atomic E-state index is 2.44. The van der Waals surface area contributed by atoms with Gasteiger partial charge in [-0.1, -0.05) is 0 Å². The summed E-state index contributed by atoms with van der Waals surface area (Å²) in [5, 5.41) is 0. The zero-order valence-electron chi connectivity index (χ0n) is 10.8. The molecule has 0 saturated heterocycles. The van der Waals surface area contributed by atoms with Crippen molar-refractivity contribution in [1.82, 2.24) is 0 Å². The molecule has 0 aliphatic heterocycles. The monoisotopic (exact) mass is 346 g/mol. The van der Waals surface area contributed by atoms with E-state index in [0.717, 1.165) is 5.92 Å². The topological polar surface area (TPSA) is 0 Å². The largest absolute Gasteiger partial charge is 1.00 e. The zero-order valence-corrected chi connectivity index (χ0v) is 14.7. The molecule has 0 heterocycles. The van der Waals surface area contributed by atoms with Crippen molar-refractivity contribution in [2.45, 2.75) is 34.1 Å². The Bertz CT molecular complexity index is 414. The summed E-state index contributed by atoms with van der Waals surface area (Å²) in [6.45, 7) is 9.11. The first-order chi connectivity index (χ1) is 7.06. The van der Waals surface area contributed by atoms with E-state index >= 15 is 0 Å². The molecule has 0 N–H and O–H groups in total. The van der Waals surface area contributed by atoms with Gasteiger partial charge in [-0.25, -0.2) is 0 Å². The smallest absolute Gasteiger partial charge is 1.00 e. The molecule has 0 aromatic carbocycles. The second kappa shape index (κ2) is 7.12. The normalized spacial score (nSPS) is 22.1. The van der Waals surface area contributed by atoms with E-state index < -0.39 is 23.2 Å². The van der Waals surface area contributed by atoms with E-state index in [1.165, 1.54) is 12.0 Å². The van der Waals surface area contributed by atoms with Crippen LogP contribution in [0.3, 0.4) is 0 Å². The van der Waals surface area contributed by atoms with Crippen LogP contribution in [0.25, 0.3) is 0 Å². The van der Waals surface area contributed by atoms with Crippen LogP contribution in [0.4, 0.5) is 0 Å². The Morgan fingerprint density at radius 2 is 1.76 bits per heavy atom. The summed E-state index contributed by atoms with van der Waals surface area (Å²) in [4.78, 5) is 0. The Kier molecular flexibility index (Phi) is 7.30. The van der Waals surface area contributed by atoms with Crippen molar-refractivity contribution in [2.75, 3.05) is 0 Å². The summed E-state index contributed by atoms with van der Waals surface area (Å²) >= 11 is -0.456. The molecule has 0 aromatic rings. The van der Waals surface area contributed by atoms with Crippen molar-refractivity contribution < 1.29 is 48.0 Å². The second-order valence-electron chi connectivity index (χ2n) is 4.75. The second-order valence-corrected chi connectivity index (χ2v) is 8.27. The summed E-state index contributed by atoms with van der Waals surface area (Å²) in [7, 11) is 0. The van der Waals surface area contributed by atoms with Gasteiger partial charge in [0.05, 0.1) is 0 Å². The van der Waals surface area contributed by atoms with Crippen molar-refractivity contribution >= 4 is 0 Å². The molecule has 1 atom stereocenters. The van der Waals surface area contributed by atoms with Crippen LogP contribution in [0.15, 0.2) is 41.5 Å².